The molecular weight excluding hydrogens is 406 g/mol. The molecule has 0 aliphatic carbocycles. The number of anilines is 1. The van der Waals surface area contributed by atoms with Crippen molar-refractivity contribution in [2.45, 2.75) is 33.7 Å². The SMILES string of the molecule is CCOc1ccc(/C(O)=C2/C(=O)C(=O)N(c3cc(C)ccc3C)C2c2ccc(C)o2)cc1. The number of carbonyl (C=O) groups excluding carboxylic acids is 2. The molecule has 1 aliphatic heterocycles. The molecule has 2 heterocycles. The molecule has 1 atom stereocenters. The molecule has 1 aromatic heterocycles. The molecule has 6 nitrogen and oxygen atoms in total. The number of ether oxygens (including phenoxy) is 1. The summed E-state index contributed by atoms with van der Waals surface area (Å²) in [6, 6.07) is 15.1. The van der Waals surface area contributed by atoms with Crippen LogP contribution in [-0.4, -0.2) is 23.4 Å². The zero-order valence-electron chi connectivity index (χ0n) is 18.5. The summed E-state index contributed by atoms with van der Waals surface area (Å²) in [6.07, 6.45) is 0. The van der Waals surface area contributed by atoms with Crippen LogP contribution in [0, 0.1) is 20.8 Å². The van der Waals surface area contributed by atoms with Crippen LogP contribution in [0.1, 0.15) is 41.2 Å². The summed E-state index contributed by atoms with van der Waals surface area (Å²) >= 11 is 0. The number of hydrogen-bond acceptors (Lipinski definition) is 5. The number of aryl methyl sites for hydroxylation is 3. The maximum absolute atomic E-state index is 13.2. The fraction of sp³-hybridized carbons (Fsp3) is 0.231. The molecule has 4 rings (SSSR count). The van der Waals surface area contributed by atoms with Gasteiger partial charge in [0.25, 0.3) is 11.7 Å². The Morgan fingerprint density at radius 1 is 1.03 bits per heavy atom. The lowest BCUT2D eigenvalue weighted by atomic mass is 9.98. The van der Waals surface area contributed by atoms with Gasteiger partial charge in [0.05, 0.1) is 12.2 Å². The van der Waals surface area contributed by atoms with Crippen LogP contribution in [0.3, 0.4) is 0 Å². The number of aliphatic hydroxyl groups is 1. The van der Waals surface area contributed by atoms with Crippen LogP contribution in [0.4, 0.5) is 5.69 Å². The van der Waals surface area contributed by atoms with E-state index in [0.29, 0.717) is 35.1 Å². The zero-order valence-corrected chi connectivity index (χ0v) is 18.5. The second kappa shape index (κ2) is 8.38. The summed E-state index contributed by atoms with van der Waals surface area (Å²) in [7, 11) is 0. The first-order valence-electron chi connectivity index (χ1n) is 10.5. The van der Waals surface area contributed by atoms with Gasteiger partial charge in [-0.15, -0.1) is 0 Å². The first-order valence-corrected chi connectivity index (χ1v) is 10.5. The number of hydrogen-bond donors (Lipinski definition) is 1. The number of benzene rings is 2. The highest BCUT2D eigenvalue weighted by atomic mass is 16.5. The van der Waals surface area contributed by atoms with E-state index in [1.807, 2.05) is 39.0 Å². The van der Waals surface area contributed by atoms with Gasteiger partial charge in [-0.3, -0.25) is 14.5 Å². The fourth-order valence-corrected chi connectivity index (χ4v) is 3.96. The Morgan fingerprint density at radius 3 is 2.38 bits per heavy atom. The minimum Gasteiger partial charge on any atom is -0.507 e. The molecular formula is C26H25NO5. The highest BCUT2D eigenvalue weighted by Crippen LogP contribution is 2.43. The zero-order chi connectivity index (χ0) is 23.0. The van der Waals surface area contributed by atoms with Crippen molar-refractivity contribution in [3.05, 3.63) is 88.4 Å². The van der Waals surface area contributed by atoms with Gasteiger partial charge >= 0.3 is 0 Å². The number of Topliss-reactive ketones (excluding diaryl/α,β-unsaturated/α-hetero) is 1. The van der Waals surface area contributed by atoms with E-state index in [9.17, 15) is 14.7 Å². The Bertz CT molecular complexity index is 1220. The number of aliphatic hydroxyl groups excluding tert-OH is 1. The molecule has 0 radical (unpaired) electrons. The average molecular weight is 431 g/mol. The van der Waals surface area contributed by atoms with Gasteiger partial charge in [0.1, 0.15) is 29.1 Å². The van der Waals surface area contributed by atoms with Crippen LogP contribution in [0.5, 0.6) is 5.75 Å². The fourth-order valence-electron chi connectivity index (χ4n) is 3.96. The minimum atomic E-state index is -0.879. The summed E-state index contributed by atoms with van der Waals surface area (Å²) < 4.78 is 11.3. The molecule has 164 valence electrons. The first kappa shape index (κ1) is 21.4. The highest BCUT2D eigenvalue weighted by molar-refractivity contribution is 6.51. The molecule has 0 saturated carbocycles. The van der Waals surface area contributed by atoms with E-state index in [1.54, 1.807) is 43.3 Å². The van der Waals surface area contributed by atoms with Crippen LogP contribution in [0.2, 0.25) is 0 Å². The van der Waals surface area contributed by atoms with E-state index < -0.39 is 17.7 Å². The smallest absolute Gasteiger partial charge is 0.300 e. The second-order valence-corrected chi connectivity index (χ2v) is 7.86. The first-order chi connectivity index (χ1) is 15.3. The van der Waals surface area contributed by atoms with Crippen molar-refractivity contribution in [1.82, 2.24) is 0 Å². The summed E-state index contributed by atoms with van der Waals surface area (Å²) in [4.78, 5) is 27.8. The monoisotopic (exact) mass is 431 g/mol. The maximum atomic E-state index is 13.2. The lowest BCUT2D eigenvalue weighted by Gasteiger charge is -2.25. The number of carbonyl (C=O) groups is 2. The van der Waals surface area contributed by atoms with Crippen molar-refractivity contribution >= 4 is 23.1 Å². The van der Waals surface area contributed by atoms with Crippen molar-refractivity contribution < 1.29 is 23.8 Å². The normalized spacial score (nSPS) is 17.8. The molecule has 1 aliphatic rings. The molecule has 2 aromatic carbocycles. The van der Waals surface area contributed by atoms with Gasteiger partial charge in [0.15, 0.2) is 0 Å². The standard InChI is InChI=1S/C26H25NO5/c1-5-31-19-11-9-18(10-12-19)24(28)22-23(21-13-8-17(4)32-21)27(26(30)25(22)29)20-14-15(2)6-7-16(20)3/h6-14,23,28H,5H2,1-4H3/b24-22-. The largest absolute Gasteiger partial charge is 0.507 e. The summed E-state index contributed by atoms with van der Waals surface area (Å²) in [5, 5.41) is 11.2. The summed E-state index contributed by atoms with van der Waals surface area (Å²) in [5.41, 5.74) is 2.81. The van der Waals surface area contributed by atoms with Crippen LogP contribution in [0.25, 0.3) is 5.76 Å². The molecule has 6 heteroatoms. The van der Waals surface area contributed by atoms with Crippen molar-refractivity contribution in [3.8, 4) is 5.75 Å². The number of ketones is 1. The molecule has 0 bridgehead atoms. The van der Waals surface area contributed by atoms with Gasteiger partial charge in [-0.25, -0.2) is 0 Å². The Hall–Kier alpha value is -3.80. The maximum Gasteiger partial charge on any atom is 0.300 e. The number of rotatable bonds is 5. The molecule has 0 spiro atoms. The number of amides is 1. The summed E-state index contributed by atoms with van der Waals surface area (Å²) in [5.74, 6) is 0.000601. The van der Waals surface area contributed by atoms with Gasteiger partial charge in [0.2, 0.25) is 0 Å². The van der Waals surface area contributed by atoms with Gasteiger partial charge < -0.3 is 14.3 Å². The quantitative estimate of drug-likeness (QED) is 0.340. The van der Waals surface area contributed by atoms with Crippen molar-refractivity contribution in [3.63, 3.8) is 0 Å². The predicted molar refractivity (Wildman–Crippen MR) is 122 cm³/mol. The molecule has 32 heavy (non-hydrogen) atoms. The molecule has 1 N–H and O–H groups in total. The Kier molecular flexibility index (Phi) is 5.61. The average Bonchev–Trinajstić information content (AvgIpc) is 3.31. The van der Waals surface area contributed by atoms with Gasteiger partial charge in [-0.1, -0.05) is 12.1 Å². The van der Waals surface area contributed by atoms with Crippen LogP contribution in [-0.2, 0) is 9.59 Å². The molecule has 1 saturated heterocycles. The van der Waals surface area contributed by atoms with Crippen LogP contribution in [0.15, 0.2) is 64.6 Å². The van der Waals surface area contributed by atoms with E-state index in [0.717, 1.165) is 11.1 Å². The second-order valence-electron chi connectivity index (χ2n) is 7.86. The Balaban J connectivity index is 1.91. The molecule has 1 unspecified atom stereocenters. The number of nitrogens with zero attached hydrogens (tertiary/aromatic N) is 1. The predicted octanol–water partition coefficient (Wildman–Crippen LogP) is 5.23. The minimum absolute atomic E-state index is 0.00517. The van der Waals surface area contributed by atoms with E-state index in [2.05, 4.69) is 0 Å². The summed E-state index contributed by atoms with van der Waals surface area (Å²) in [6.45, 7) is 7.99. The van der Waals surface area contributed by atoms with Crippen LogP contribution >= 0.6 is 0 Å². The Morgan fingerprint density at radius 2 is 1.75 bits per heavy atom. The molecule has 1 amide bonds. The van der Waals surface area contributed by atoms with E-state index in [1.165, 1.54) is 4.90 Å². The van der Waals surface area contributed by atoms with E-state index in [4.69, 9.17) is 9.15 Å². The topological polar surface area (TPSA) is 80.0 Å². The van der Waals surface area contributed by atoms with Crippen molar-refractivity contribution in [2.24, 2.45) is 0 Å². The molecule has 1 fully saturated rings. The van der Waals surface area contributed by atoms with E-state index in [-0.39, 0.29) is 11.3 Å². The third-order valence-corrected chi connectivity index (χ3v) is 5.54. The van der Waals surface area contributed by atoms with Crippen molar-refractivity contribution in [2.75, 3.05) is 11.5 Å². The number of furan rings is 1. The third kappa shape index (κ3) is 3.68. The lowest BCUT2D eigenvalue weighted by molar-refractivity contribution is -0.132. The highest BCUT2D eigenvalue weighted by Gasteiger charge is 2.48. The lowest BCUT2D eigenvalue weighted by Crippen LogP contribution is -2.30. The van der Waals surface area contributed by atoms with E-state index >= 15 is 0 Å². The van der Waals surface area contributed by atoms with Crippen LogP contribution < -0.4 is 9.64 Å². The Labute approximate surface area is 186 Å². The van der Waals surface area contributed by atoms with Crippen molar-refractivity contribution in [1.29, 1.82) is 0 Å². The third-order valence-electron chi connectivity index (χ3n) is 5.54. The molecule has 3 aromatic rings. The van der Waals surface area contributed by atoms with Gasteiger partial charge in [0, 0.05) is 11.3 Å². The van der Waals surface area contributed by atoms with Gasteiger partial charge in [-0.05, 0) is 81.3 Å². The van der Waals surface area contributed by atoms with Gasteiger partial charge in [-0.2, -0.15) is 0 Å².